The molecule has 0 spiro atoms. The number of amides is 2. The molecule has 0 aliphatic rings. The summed E-state index contributed by atoms with van der Waals surface area (Å²) in [7, 11) is -0.450. The van der Waals surface area contributed by atoms with Crippen LogP contribution in [0.4, 0.5) is 4.79 Å². The summed E-state index contributed by atoms with van der Waals surface area (Å²) < 4.78 is 23.8. The van der Waals surface area contributed by atoms with E-state index in [2.05, 4.69) is 10.6 Å². The first-order chi connectivity index (χ1) is 8.75. The van der Waals surface area contributed by atoms with Crippen molar-refractivity contribution < 1.29 is 23.1 Å². The molecular formula is C10H21N3O5S. The highest BCUT2D eigenvalue weighted by molar-refractivity contribution is 7.89. The molecule has 0 aromatic heterocycles. The van der Waals surface area contributed by atoms with Gasteiger partial charge in [0.1, 0.15) is 0 Å². The zero-order chi connectivity index (χ0) is 14.9. The summed E-state index contributed by atoms with van der Waals surface area (Å²) in [6.07, 6.45) is 1.13. The van der Waals surface area contributed by atoms with E-state index in [1.165, 1.54) is 14.1 Å². The van der Waals surface area contributed by atoms with Gasteiger partial charge in [-0.3, -0.25) is 4.79 Å². The van der Waals surface area contributed by atoms with Crippen molar-refractivity contribution in [1.82, 2.24) is 14.9 Å². The molecule has 0 saturated heterocycles. The van der Waals surface area contributed by atoms with E-state index in [9.17, 15) is 18.0 Å². The number of carboxylic acids is 1. The van der Waals surface area contributed by atoms with Gasteiger partial charge in [-0.2, -0.15) is 0 Å². The SMILES string of the molecule is CN(C)S(=O)(=O)CCNC(=O)NCCCCC(=O)O. The monoisotopic (exact) mass is 295 g/mol. The number of urea groups is 1. The first-order valence-electron chi connectivity index (χ1n) is 5.89. The zero-order valence-corrected chi connectivity index (χ0v) is 12.0. The molecule has 0 bridgehead atoms. The highest BCUT2D eigenvalue weighted by atomic mass is 32.2. The van der Waals surface area contributed by atoms with Gasteiger partial charge in [-0.25, -0.2) is 17.5 Å². The minimum atomic E-state index is -3.31. The third-order valence-electron chi connectivity index (χ3n) is 2.30. The Morgan fingerprint density at radius 2 is 1.68 bits per heavy atom. The van der Waals surface area contributed by atoms with Crippen LogP contribution in [-0.4, -0.2) is 62.8 Å². The van der Waals surface area contributed by atoms with E-state index >= 15 is 0 Å². The number of nitrogens with zero attached hydrogens (tertiary/aromatic N) is 1. The fourth-order valence-corrected chi connectivity index (χ4v) is 1.87. The van der Waals surface area contributed by atoms with Crippen LogP contribution in [0.15, 0.2) is 0 Å². The maximum Gasteiger partial charge on any atom is 0.314 e. The van der Waals surface area contributed by atoms with E-state index < -0.39 is 22.0 Å². The van der Waals surface area contributed by atoms with Gasteiger partial charge in [0, 0.05) is 33.6 Å². The Morgan fingerprint density at radius 1 is 1.11 bits per heavy atom. The zero-order valence-electron chi connectivity index (χ0n) is 11.2. The number of carboxylic acid groups (broad SMARTS) is 1. The molecule has 8 nitrogen and oxygen atoms in total. The summed E-state index contributed by atoms with van der Waals surface area (Å²) in [5.41, 5.74) is 0. The number of nitrogens with one attached hydrogen (secondary N) is 2. The van der Waals surface area contributed by atoms with Crippen molar-refractivity contribution in [1.29, 1.82) is 0 Å². The highest BCUT2D eigenvalue weighted by Crippen LogP contribution is 1.93. The molecule has 0 saturated carbocycles. The number of carbonyl (C=O) groups excluding carboxylic acids is 1. The Hall–Kier alpha value is -1.35. The first-order valence-corrected chi connectivity index (χ1v) is 7.50. The Kier molecular flexibility index (Phi) is 8.08. The van der Waals surface area contributed by atoms with Gasteiger partial charge in [-0.05, 0) is 12.8 Å². The molecular weight excluding hydrogens is 274 g/mol. The average Bonchev–Trinajstić information content (AvgIpc) is 2.27. The van der Waals surface area contributed by atoms with Crippen molar-refractivity contribution in [3.05, 3.63) is 0 Å². The largest absolute Gasteiger partial charge is 0.481 e. The number of rotatable bonds is 9. The van der Waals surface area contributed by atoms with Crippen molar-refractivity contribution >= 4 is 22.0 Å². The quantitative estimate of drug-likeness (QED) is 0.493. The van der Waals surface area contributed by atoms with Crippen molar-refractivity contribution in [2.75, 3.05) is 32.9 Å². The molecule has 0 aromatic rings. The lowest BCUT2D eigenvalue weighted by atomic mass is 10.2. The Bertz CT molecular complexity index is 394. The number of carbonyl (C=O) groups is 2. The lowest BCUT2D eigenvalue weighted by Gasteiger charge is -2.12. The fourth-order valence-electron chi connectivity index (χ4n) is 1.14. The maximum atomic E-state index is 11.4. The Labute approximate surface area is 113 Å². The number of sulfonamides is 1. The van der Waals surface area contributed by atoms with Crippen LogP contribution < -0.4 is 10.6 Å². The van der Waals surface area contributed by atoms with Crippen molar-refractivity contribution in [2.24, 2.45) is 0 Å². The van der Waals surface area contributed by atoms with Crippen LogP contribution >= 0.6 is 0 Å². The van der Waals surface area contributed by atoms with Crippen LogP contribution in [0.2, 0.25) is 0 Å². The lowest BCUT2D eigenvalue weighted by molar-refractivity contribution is -0.137. The van der Waals surface area contributed by atoms with E-state index in [0.29, 0.717) is 19.4 Å². The summed E-state index contributed by atoms with van der Waals surface area (Å²) in [5.74, 6) is -1.02. The third-order valence-corrected chi connectivity index (χ3v) is 4.14. The highest BCUT2D eigenvalue weighted by Gasteiger charge is 2.13. The summed E-state index contributed by atoms with van der Waals surface area (Å²) in [6.45, 7) is 0.390. The van der Waals surface area contributed by atoms with Crippen LogP contribution in [0.1, 0.15) is 19.3 Å². The van der Waals surface area contributed by atoms with E-state index in [1.807, 2.05) is 0 Å². The first kappa shape index (κ1) is 17.6. The predicted molar refractivity (Wildman–Crippen MR) is 70.4 cm³/mol. The third kappa shape index (κ3) is 9.25. The minimum Gasteiger partial charge on any atom is -0.481 e. The molecule has 0 aromatic carbocycles. The number of hydrogen-bond acceptors (Lipinski definition) is 4. The molecule has 0 rings (SSSR count). The maximum absolute atomic E-state index is 11.4. The molecule has 0 aliphatic heterocycles. The van der Waals surface area contributed by atoms with E-state index in [-0.39, 0.29) is 18.7 Å². The second-order valence-corrected chi connectivity index (χ2v) is 6.43. The molecule has 2 amide bonds. The minimum absolute atomic E-state index is 0.0292. The molecule has 112 valence electrons. The van der Waals surface area contributed by atoms with Crippen LogP contribution in [0.25, 0.3) is 0 Å². The van der Waals surface area contributed by atoms with Gasteiger partial charge < -0.3 is 15.7 Å². The molecule has 0 fully saturated rings. The normalized spacial score (nSPS) is 11.3. The smallest absolute Gasteiger partial charge is 0.314 e. The van der Waals surface area contributed by atoms with Gasteiger partial charge in [-0.1, -0.05) is 0 Å². The predicted octanol–water partition coefficient (Wildman–Crippen LogP) is -0.568. The summed E-state index contributed by atoms with van der Waals surface area (Å²) >= 11 is 0. The average molecular weight is 295 g/mol. The standard InChI is InChI=1S/C10H21N3O5S/c1-13(2)19(17,18)8-7-12-10(16)11-6-4-3-5-9(14)15/h3-8H2,1-2H3,(H,14,15)(H2,11,12,16). The van der Waals surface area contributed by atoms with Crippen molar-refractivity contribution in [2.45, 2.75) is 19.3 Å². The van der Waals surface area contributed by atoms with Gasteiger partial charge in [-0.15, -0.1) is 0 Å². The van der Waals surface area contributed by atoms with Crippen molar-refractivity contribution in [3.8, 4) is 0 Å². The van der Waals surface area contributed by atoms with Gasteiger partial charge in [0.2, 0.25) is 10.0 Å². The molecule has 0 unspecified atom stereocenters. The number of hydrogen-bond donors (Lipinski definition) is 3. The van der Waals surface area contributed by atoms with Crippen LogP contribution in [-0.2, 0) is 14.8 Å². The van der Waals surface area contributed by atoms with Crippen molar-refractivity contribution in [3.63, 3.8) is 0 Å². The topological polar surface area (TPSA) is 116 Å². The van der Waals surface area contributed by atoms with Crippen LogP contribution in [0.5, 0.6) is 0 Å². The van der Waals surface area contributed by atoms with Gasteiger partial charge in [0.25, 0.3) is 0 Å². The number of unbranched alkanes of at least 4 members (excludes halogenated alkanes) is 1. The number of aliphatic carboxylic acids is 1. The van der Waals surface area contributed by atoms with E-state index in [0.717, 1.165) is 4.31 Å². The second kappa shape index (κ2) is 8.70. The second-order valence-electron chi connectivity index (χ2n) is 4.13. The van der Waals surface area contributed by atoms with Gasteiger partial charge in [0.15, 0.2) is 0 Å². The Morgan fingerprint density at radius 3 is 2.21 bits per heavy atom. The van der Waals surface area contributed by atoms with Gasteiger partial charge >= 0.3 is 12.0 Å². The summed E-state index contributed by atoms with van der Waals surface area (Å²) in [5, 5.41) is 13.3. The van der Waals surface area contributed by atoms with Crippen LogP contribution in [0, 0.1) is 0 Å². The molecule has 3 N–H and O–H groups in total. The van der Waals surface area contributed by atoms with Gasteiger partial charge in [0.05, 0.1) is 5.75 Å². The molecule has 0 heterocycles. The molecule has 19 heavy (non-hydrogen) atoms. The van der Waals surface area contributed by atoms with E-state index in [1.54, 1.807) is 0 Å². The molecule has 0 aliphatic carbocycles. The molecule has 0 atom stereocenters. The Balaban J connectivity index is 3.63. The summed E-state index contributed by atoms with van der Waals surface area (Å²) in [6, 6.07) is -0.454. The lowest BCUT2D eigenvalue weighted by Crippen LogP contribution is -2.40. The summed E-state index contributed by atoms with van der Waals surface area (Å²) in [4.78, 5) is 21.5. The van der Waals surface area contributed by atoms with Crippen LogP contribution in [0.3, 0.4) is 0 Å². The molecule has 9 heteroatoms. The fraction of sp³-hybridized carbons (Fsp3) is 0.800. The van der Waals surface area contributed by atoms with E-state index in [4.69, 9.17) is 5.11 Å². The molecule has 0 radical (unpaired) electrons.